The molecule has 0 radical (unpaired) electrons. The molecule has 172 valence electrons. The zero-order chi connectivity index (χ0) is 23.9. The average Bonchev–Trinajstić information content (AvgIpc) is 2.71. The number of alkyl halides is 3. The highest BCUT2D eigenvalue weighted by atomic mass is 35.5. The van der Waals surface area contributed by atoms with Gasteiger partial charge in [-0.15, -0.1) is 13.2 Å². The number of amides is 1. The van der Waals surface area contributed by atoms with Crippen LogP contribution in [0.25, 0.3) is 0 Å². The van der Waals surface area contributed by atoms with E-state index >= 15 is 0 Å². The fraction of sp³-hybridized carbons (Fsp3) is 0.286. The molecule has 0 atom stereocenters. The largest absolute Gasteiger partial charge is 0.573 e. The molecule has 2 aromatic carbocycles. The average molecular weight is 472 g/mol. The van der Waals surface area contributed by atoms with Gasteiger partial charge in [0.25, 0.3) is 5.91 Å². The lowest BCUT2D eigenvalue weighted by atomic mass is 9.98. The summed E-state index contributed by atoms with van der Waals surface area (Å²) in [6.45, 7) is 3.42. The van der Waals surface area contributed by atoms with Crippen molar-refractivity contribution in [2.45, 2.75) is 26.8 Å². The molecule has 0 aliphatic rings. The summed E-state index contributed by atoms with van der Waals surface area (Å²) in [4.78, 5) is 22.4. The van der Waals surface area contributed by atoms with Crippen LogP contribution in [0.4, 0.5) is 13.2 Å². The first-order chi connectivity index (χ1) is 15.1. The normalized spacial score (nSPS) is 12.4. The number of nitrogens with zero attached hydrogens (tertiary/aromatic N) is 2. The van der Waals surface area contributed by atoms with Gasteiger partial charge in [-0.05, 0) is 37.6 Å². The van der Waals surface area contributed by atoms with Crippen LogP contribution in [0.2, 0.25) is 5.02 Å². The molecule has 11 heteroatoms. The highest BCUT2D eigenvalue weighted by molar-refractivity contribution is 6.45. The number of carbonyl (C=O) groups excluding carboxylic acids is 1. The number of nitrogens with one attached hydrogen (secondary N) is 1. The van der Waals surface area contributed by atoms with Crippen molar-refractivity contribution in [2.75, 3.05) is 14.2 Å². The van der Waals surface area contributed by atoms with Gasteiger partial charge in [-0.1, -0.05) is 40.1 Å². The van der Waals surface area contributed by atoms with Crippen LogP contribution in [0.5, 0.6) is 5.75 Å². The van der Waals surface area contributed by atoms with E-state index in [9.17, 15) is 18.0 Å². The second-order valence-electron chi connectivity index (χ2n) is 6.44. The fourth-order valence-electron chi connectivity index (χ4n) is 2.77. The number of likely N-dealkylation sites (N-methyl/N-ethyl adjacent to an activating group) is 1. The molecule has 1 N–H and O–H groups in total. The highest BCUT2D eigenvalue weighted by Crippen LogP contribution is 2.28. The molecule has 0 saturated carbocycles. The van der Waals surface area contributed by atoms with Crippen LogP contribution < -0.4 is 10.1 Å². The van der Waals surface area contributed by atoms with Crippen molar-refractivity contribution in [3.05, 3.63) is 63.7 Å². The molecule has 0 aromatic heterocycles. The van der Waals surface area contributed by atoms with Gasteiger partial charge in [-0.2, -0.15) is 0 Å². The Bertz CT molecular complexity index is 1040. The second kappa shape index (κ2) is 10.9. The van der Waals surface area contributed by atoms with Crippen LogP contribution in [0.1, 0.15) is 29.2 Å². The Kier molecular flexibility index (Phi) is 8.48. The first-order valence-corrected chi connectivity index (χ1v) is 9.59. The standard InChI is InChI=1S/C21H21ClF3N3O4/c1-12-6-5-7-16(19(28-30-4)20(29)26-3)17(12)11-31-27-13(2)15-9-8-14(10-18(15)22)32-21(23,24)25/h5-10H,11H2,1-4H3,(H,26,29)/b27-13+,28-19+. The van der Waals surface area contributed by atoms with Crippen LogP contribution >= 0.6 is 11.6 Å². The summed E-state index contributed by atoms with van der Waals surface area (Å²) in [6, 6.07) is 8.82. The van der Waals surface area contributed by atoms with Crippen molar-refractivity contribution >= 4 is 28.9 Å². The molecule has 0 fully saturated rings. The zero-order valence-corrected chi connectivity index (χ0v) is 18.5. The Morgan fingerprint density at radius 3 is 2.47 bits per heavy atom. The van der Waals surface area contributed by atoms with Crippen molar-refractivity contribution < 1.29 is 32.4 Å². The number of aryl methyl sites for hydroxylation is 1. The summed E-state index contributed by atoms with van der Waals surface area (Å²) in [7, 11) is 2.80. The lowest BCUT2D eigenvalue weighted by Gasteiger charge is -2.13. The van der Waals surface area contributed by atoms with Gasteiger partial charge in [0, 0.05) is 23.7 Å². The molecule has 7 nitrogen and oxygen atoms in total. The van der Waals surface area contributed by atoms with Gasteiger partial charge in [-0.25, -0.2) is 0 Å². The van der Waals surface area contributed by atoms with Crippen molar-refractivity contribution in [2.24, 2.45) is 10.3 Å². The summed E-state index contributed by atoms with van der Waals surface area (Å²) < 4.78 is 40.9. The third-order valence-electron chi connectivity index (χ3n) is 4.26. The summed E-state index contributed by atoms with van der Waals surface area (Å²) in [5, 5.41) is 10.3. The van der Waals surface area contributed by atoms with E-state index in [0.717, 1.165) is 17.7 Å². The molecule has 0 heterocycles. The molecule has 0 unspecified atom stereocenters. The molecule has 1 amide bonds. The highest BCUT2D eigenvalue weighted by Gasteiger charge is 2.31. The third kappa shape index (κ3) is 6.61. The monoisotopic (exact) mass is 471 g/mol. The number of hydrogen-bond donors (Lipinski definition) is 1. The fourth-order valence-corrected chi connectivity index (χ4v) is 3.07. The number of carbonyl (C=O) groups is 1. The quantitative estimate of drug-likeness (QED) is 0.451. The van der Waals surface area contributed by atoms with Crippen molar-refractivity contribution in [3.8, 4) is 5.75 Å². The van der Waals surface area contributed by atoms with Gasteiger partial charge in [-0.3, -0.25) is 4.79 Å². The van der Waals surface area contributed by atoms with Gasteiger partial charge in [0.15, 0.2) is 5.71 Å². The predicted octanol–water partition coefficient (Wildman–Crippen LogP) is 4.58. The molecule has 0 saturated heterocycles. The van der Waals surface area contributed by atoms with Crippen molar-refractivity contribution in [1.82, 2.24) is 5.32 Å². The van der Waals surface area contributed by atoms with Crippen LogP contribution in [0, 0.1) is 6.92 Å². The van der Waals surface area contributed by atoms with Crippen molar-refractivity contribution in [1.29, 1.82) is 0 Å². The molecule has 2 rings (SSSR count). The van der Waals surface area contributed by atoms with E-state index < -0.39 is 18.0 Å². The molecule has 0 aliphatic carbocycles. The van der Waals surface area contributed by atoms with Crippen LogP contribution in [0.15, 0.2) is 46.7 Å². The van der Waals surface area contributed by atoms with E-state index in [4.69, 9.17) is 21.3 Å². The van der Waals surface area contributed by atoms with E-state index in [2.05, 4.69) is 20.4 Å². The van der Waals surface area contributed by atoms with Gasteiger partial charge in [0.2, 0.25) is 0 Å². The van der Waals surface area contributed by atoms with Crippen LogP contribution in [0.3, 0.4) is 0 Å². The Labute approximate surface area is 187 Å². The van der Waals surface area contributed by atoms with E-state index in [0.29, 0.717) is 22.4 Å². The lowest BCUT2D eigenvalue weighted by molar-refractivity contribution is -0.274. The number of rotatable bonds is 8. The topological polar surface area (TPSA) is 81.5 Å². The summed E-state index contributed by atoms with van der Waals surface area (Å²) in [5.74, 6) is -0.880. The molecule has 0 bridgehead atoms. The Morgan fingerprint density at radius 1 is 1.16 bits per heavy atom. The minimum atomic E-state index is -4.82. The minimum Gasteiger partial charge on any atom is -0.406 e. The Hall–Kier alpha value is -3.27. The molecule has 0 spiro atoms. The van der Waals surface area contributed by atoms with Gasteiger partial charge < -0.3 is 19.7 Å². The number of halogens is 4. The third-order valence-corrected chi connectivity index (χ3v) is 4.58. The predicted molar refractivity (Wildman–Crippen MR) is 114 cm³/mol. The first kappa shape index (κ1) is 25.0. The molecule has 0 aliphatic heterocycles. The van der Waals surface area contributed by atoms with Crippen LogP contribution in [-0.4, -0.2) is 37.9 Å². The van der Waals surface area contributed by atoms with Crippen molar-refractivity contribution in [3.63, 3.8) is 0 Å². The Balaban J connectivity index is 2.24. The maximum Gasteiger partial charge on any atom is 0.573 e. The summed E-state index contributed by atoms with van der Waals surface area (Å²) >= 11 is 6.07. The second-order valence-corrected chi connectivity index (χ2v) is 6.85. The minimum absolute atomic E-state index is 0.00797. The maximum atomic E-state index is 12.4. The first-order valence-electron chi connectivity index (χ1n) is 9.21. The SMILES string of the molecule is CNC(=O)/C(=N/OC)c1cccc(C)c1CO/N=C(\C)c1ccc(OC(F)(F)F)cc1Cl. The number of oxime groups is 2. The Morgan fingerprint density at radius 2 is 1.88 bits per heavy atom. The lowest BCUT2D eigenvalue weighted by Crippen LogP contribution is -2.29. The summed E-state index contributed by atoms with van der Waals surface area (Å²) in [5.41, 5.74) is 2.77. The maximum absolute atomic E-state index is 12.4. The zero-order valence-electron chi connectivity index (χ0n) is 17.7. The van der Waals surface area contributed by atoms with Gasteiger partial charge in [0.1, 0.15) is 19.5 Å². The molecule has 2 aromatic rings. The number of hydrogen-bond acceptors (Lipinski definition) is 6. The molecule has 32 heavy (non-hydrogen) atoms. The van der Waals surface area contributed by atoms with E-state index in [1.54, 1.807) is 19.1 Å². The van der Waals surface area contributed by atoms with Crippen LogP contribution in [-0.2, 0) is 21.1 Å². The van der Waals surface area contributed by atoms with Gasteiger partial charge >= 0.3 is 6.36 Å². The molecular formula is C21H21ClF3N3O4. The van der Waals surface area contributed by atoms with E-state index in [-0.39, 0.29) is 17.3 Å². The molecular weight excluding hydrogens is 451 g/mol. The van der Waals surface area contributed by atoms with E-state index in [1.165, 1.54) is 20.2 Å². The number of ether oxygens (including phenoxy) is 1. The smallest absolute Gasteiger partial charge is 0.406 e. The van der Waals surface area contributed by atoms with Gasteiger partial charge in [0.05, 0.1) is 10.7 Å². The van der Waals surface area contributed by atoms with E-state index in [1.807, 2.05) is 13.0 Å². The summed E-state index contributed by atoms with van der Waals surface area (Å²) in [6.07, 6.45) is -4.82. The number of benzene rings is 2.